The van der Waals surface area contributed by atoms with E-state index in [9.17, 15) is 14.4 Å². The van der Waals surface area contributed by atoms with Crippen LogP contribution in [0, 0.1) is 10.8 Å². The van der Waals surface area contributed by atoms with Crippen LogP contribution in [0.3, 0.4) is 0 Å². The molecule has 2 aliphatic rings. The van der Waals surface area contributed by atoms with Gasteiger partial charge in [0.15, 0.2) is 4.34 Å². The number of rotatable bonds is 6. The van der Waals surface area contributed by atoms with Gasteiger partial charge in [0, 0.05) is 18.1 Å². The number of amides is 1. The van der Waals surface area contributed by atoms with Gasteiger partial charge in [-0.3, -0.25) is 14.4 Å². The molecule has 0 aromatic carbocycles. The minimum absolute atomic E-state index is 0.112. The van der Waals surface area contributed by atoms with Gasteiger partial charge in [0.25, 0.3) is 0 Å². The van der Waals surface area contributed by atoms with Gasteiger partial charge in [-0.1, -0.05) is 11.8 Å². The van der Waals surface area contributed by atoms with Crippen LogP contribution in [0.25, 0.3) is 0 Å². The molecule has 2 unspecified atom stereocenters. The number of nitrogens with zero attached hydrogens (tertiary/aromatic N) is 3. The maximum Gasteiger partial charge on any atom is 0.318 e. The molecule has 9 nitrogen and oxygen atoms in total. The summed E-state index contributed by atoms with van der Waals surface area (Å²) in [6, 6.07) is -0.525. The maximum atomic E-state index is 12.9. The predicted molar refractivity (Wildman–Crippen MR) is 106 cm³/mol. The lowest BCUT2D eigenvalue weighted by Crippen LogP contribution is -2.72. The van der Waals surface area contributed by atoms with E-state index < -0.39 is 35.6 Å². The van der Waals surface area contributed by atoms with E-state index in [-0.39, 0.29) is 17.8 Å². The Hall–Kier alpha value is -1.37. The highest BCUT2D eigenvalue weighted by Crippen LogP contribution is 2.44. The molecule has 2 fully saturated rings. The Bertz CT molecular complexity index is 754. The summed E-state index contributed by atoms with van der Waals surface area (Å²) in [7, 11) is 0. The molecule has 1 aromatic rings. The summed E-state index contributed by atoms with van der Waals surface area (Å²) in [4.78, 5) is 42.6. The Balaban J connectivity index is 1.66. The zero-order chi connectivity index (χ0) is 20.5. The third kappa shape index (κ3) is 4.29. The molecule has 3 rings (SSSR count). The van der Waals surface area contributed by atoms with Gasteiger partial charge in [0.1, 0.15) is 23.2 Å². The van der Waals surface area contributed by atoms with Crippen molar-refractivity contribution in [1.82, 2.24) is 14.3 Å². The topological polar surface area (TPSA) is 125 Å². The van der Waals surface area contributed by atoms with E-state index >= 15 is 0 Å². The number of thioether (sulfide) groups is 2. The predicted octanol–water partition coefficient (Wildman–Crippen LogP) is 0.949. The fourth-order valence-corrected chi connectivity index (χ4v) is 5.97. The zero-order valence-corrected chi connectivity index (χ0v) is 18.2. The van der Waals surface area contributed by atoms with Crippen LogP contribution in [0.15, 0.2) is 10.7 Å². The first-order chi connectivity index (χ1) is 13.1. The van der Waals surface area contributed by atoms with Crippen molar-refractivity contribution in [2.75, 3.05) is 24.8 Å². The Morgan fingerprint density at radius 2 is 2.18 bits per heavy atom. The van der Waals surface area contributed by atoms with Gasteiger partial charge in [0.05, 0.1) is 5.41 Å². The number of carbonyl (C=O) groups excluding carboxylic acids is 3. The summed E-state index contributed by atoms with van der Waals surface area (Å²) in [6.07, 6.45) is 1.45. The molecule has 0 radical (unpaired) electrons. The second-order valence-electron chi connectivity index (χ2n) is 7.70. The summed E-state index contributed by atoms with van der Waals surface area (Å²) in [5.74, 6) is -0.320. The molecule has 154 valence electrons. The van der Waals surface area contributed by atoms with Gasteiger partial charge >= 0.3 is 11.9 Å². The molecule has 2 N–H and O–H groups in total. The highest BCUT2D eigenvalue weighted by molar-refractivity contribution is 8.01. The Labute approximate surface area is 175 Å². The number of ether oxygens (including phenoxy) is 2. The lowest BCUT2D eigenvalue weighted by atomic mass is 9.89. The highest BCUT2D eigenvalue weighted by atomic mass is 32.2. The standard InChI is InChI=1S/C16H22N4O5S3/c1-15(2,3)12(22)24-8-25-13(23)16(6-27-14-18-7-19-28-14)4-20-10(21)9(17)11(20)26-5-16/h7,9,11H,4-6,8,17H2,1-3H3/t9?,11-,16?/m1/s1. The maximum absolute atomic E-state index is 12.9. The molecule has 1 aromatic heterocycles. The number of fused-ring (bicyclic) bond motifs is 1. The molecule has 0 saturated carbocycles. The molecular formula is C16H22N4O5S3. The second kappa shape index (κ2) is 8.17. The van der Waals surface area contributed by atoms with Gasteiger partial charge in [-0.05, 0) is 32.3 Å². The van der Waals surface area contributed by atoms with Crippen LogP contribution in [0.4, 0.5) is 0 Å². The van der Waals surface area contributed by atoms with Crippen LogP contribution in [0.1, 0.15) is 20.8 Å². The number of aromatic nitrogens is 2. The number of esters is 2. The number of hydrogen-bond donors (Lipinski definition) is 1. The molecule has 2 aliphatic heterocycles. The van der Waals surface area contributed by atoms with E-state index in [4.69, 9.17) is 15.2 Å². The van der Waals surface area contributed by atoms with Gasteiger partial charge < -0.3 is 20.1 Å². The molecular weight excluding hydrogens is 424 g/mol. The van der Waals surface area contributed by atoms with E-state index in [1.165, 1.54) is 41.4 Å². The first kappa shape index (κ1) is 21.3. The normalized spacial score (nSPS) is 27.0. The third-order valence-corrected chi connectivity index (χ3v) is 8.12. The lowest BCUT2D eigenvalue weighted by molar-refractivity contribution is -0.179. The Morgan fingerprint density at radius 3 is 2.82 bits per heavy atom. The SMILES string of the molecule is CC(C)(C)C(=O)OCOC(=O)C1(CSc2ncns2)CS[C@@H]2C(N)C(=O)N2C1. The van der Waals surface area contributed by atoms with Crippen molar-refractivity contribution in [3.05, 3.63) is 6.33 Å². The Morgan fingerprint density at radius 1 is 1.43 bits per heavy atom. The second-order valence-corrected chi connectivity index (χ2v) is 10.8. The van der Waals surface area contributed by atoms with Crippen molar-refractivity contribution in [3.8, 4) is 0 Å². The fraction of sp³-hybridized carbons (Fsp3) is 0.688. The monoisotopic (exact) mass is 446 g/mol. The first-order valence-electron chi connectivity index (χ1n) is 8.56. The van der Waals surface area contributed by atoms with Crippen molar-refractivity contribution in [1.29, 1.82) is 0 Å². The number of hydrogen-bond acceptors (Lipinski definition) is 11. The highest BCUT2D eigenvalue weighted by Gasteiger charge is 2.56. The average Bonchev–Trinajstić information content (AvgIpc) is 3.18. The average molecular weight is 447 g/mol. The van der Waals surface area contributed by atoms with Gasteiger partial charge in [0.2, 0.25) is 12.7 Å². The quantitative estimate of drug-likeness (QED) is 0.292. The van der Waals surface area contributed by atoms with E-state index in [0.717, 1.165) is 4.34 Å². The van der Waals surface area contributed by atoms with Crippen LogP contribution in [-0.4, -0.2) is 68.4 Å². The van der Waals surface area contributed by atoms with Gasteiger partial charge in [-0.15, -0.1) is 11.8 Å². The van der Waals surface area contributed by atoms with Crippen molar-refractivity contribution in [2.45, 2.75) is 36.5 Å². The molecule has 28 heavy (non-hydrogen) atoms. The van der Waals surface area contributed by atoms with E-state index in [1.807, 2.05) is 0 Å². The van der Waals surface area contributed by atoms with Crippen LogP contribution in [-0.2, 0) is 23.9 Å². The number of carbonyl (C=O) groups is 3. The summed E-state index contributed by atoms with van der Waals surface area (Å²) in [5, 5.41) is -0.112. The van der Waals surface area contributed by atoms with E-state index in [2.05, 4.69) is 9.36 Å². The van der Waals surface area contributed by atoms with E-state index in [1.54, 1.807) is 25.7 Å². The lowest BCUT2D eigenvalue weighted by Gasteiger charge is -2.53. The minimum atomic E-state index is -0.943. The minimum Gasteiger partial charge on any atom is -0.427 e. The van der Waals surface area contributed by atoms with Gasteiger partial charge in [-0.25, -0.2) is 4.98 Å². The summed E-state index contributed by atoms with van der Waals surface area (Å²) in [5.41, 5.74) is 4.21. The van der Waals surface area contributed by atoms with Crippen LogP contribution >= 0.6 is 35.1 Å². The van der Waals surface area contributed by atoms with E-state index in [0.29, 0.717) is 11.5 Å². The van der Waals surface area contributed by atoms with Crippen molar-refractivity contribution < 1.29 is 23.9 Å². The molecule has 0 aliphatic carbocycles. The van der Waals surface area contributed by atoms with Crippen molar-refractivity contribution >= 4 is 52.9 Å². The van der Waals surface area contributed by atoms with Crippen molar-refractivity contribution in [2.24, 2.45) is 16.6 Å². The van der Waals surface area contributed by atoms with Crippen LogP contribution < -0.4 is 5.73 Å². The molecule has 0 bridgehead atoms. The molecule has 3 atom stereocenters. The smallest absolute Gasteiger partial charge is 0.318 e. The molecule has 1 amide bonds. The third-order valence-electron chi connectivity index (χ3n) is 4.42. The molecule has 2 saturated heterocycles. The van der Waals surface area contributed by atoms with Gasteiger partial charge in [-0.2, -0.15) is 4.37 Å². The summed E-state index contributed by atoms with van der Waals surface area (Å²) in [6.45, 7) is 4.91. The number of nitrogens with two attached hydrogens (primary N) is 1. The zero-order valence-electron chi connectivity index (χ0n) is 15.7. The fourth-order valence-electron chi connectivity index (χ4n) is 2.73. The largest absolute Gasteiger partial charge is 0.427 e. The van der Waals surface area contributed by atoms with Crippen LogP contribution in [0.2, 0.25) is 0 Å². The Kier molecular flexibility index (Phi) is 6.23. The molecule has 3 heterocycles. The summed E-state index contributed by atoms with van der Waals surface area (Å²) >= 11 is 4.09. The van der Waals surface area contributed by atoms with Crippen molar-refractivity contribution in [3.63, 3.8) is 0 Å². The molecule has 0 spiro atoms. The molecule has 12 heteroatoms. The van der Waals surface area contributed by atoms with Crippen LogP contribution in [0.5, 0.6) is 0 Å². The first-order valence-corrected chi connectivity index (χ1v) is 11.4. The number of β-lactam (4-membered cyclic amide) rings is 1. The summed E-state index contributed by atoms with van der Waals surface area (Å²) < 4.78 is 15.0.